The molecule has 0 saturated heterocycles. The number of aromatic nitrogens is 2. The highest BCUT2D eigenvalue weighted by molar-refractivity contribution is 7.59. The van der Waals surface area contributed by atoms with Gasteiger partial charge < -0.3 is 35.4 Å². The molecule has 1 aliphatic heterocycles. The minimum absolute atomic E-state index is 0.0324. The first-order chi connectivity index (χ1) is 10.1. The second-order valence-corrected chi connectivity index (χ2v) is 6.63. The minimum Gasteiger partial charge on any atom is -0.857 e. The summed E-state index contributed by atoms with van der Waals surface area (Å²) in [7, 11) is -10.8. The fraction of sp³-hybridized carbons (Fsp3) is 0.286. The summed E-state index contributed by atoms with van der Waals surface area (Å²) in [5.74, 6) is -0.950. The molecule has 1 aromatic rings. The molecule has 1 aromatic heterocycles. The van der Waals surface area contributed by atoms with Crippen LogP contribution in [0.5, 0.6) is 5.88 Å². The molecule has 1 atom stereocenters. The van der Waals surface area contributed by atoms with E-state index in [2.05, 4.69) is 29.1 Å². The molecule has 0 saturated carbocycles. The zero-order valence-electron chi connectivity index (χ0n) is 10.5. The van der Waals surface area contributed by atoms with E-state index in [1.54, 1.807) is 0 Å². The van der Waals surface area contributed by atoms with Crippen molar-refractivity contribution >= 4 is 38.8 Å². The highest BCUT2D eigenvalue weighted by Gasteiger charge is 2.25. The third-order valence-electron chi connectivity index (χ3n) is 2.20. The first kappa shape index (κ1) is 16.8. The van der Waals surface area contributed by atoms with Crippen molar-refractivity contribution in [2.45, 2.75) is 0 Å². The van der Waals surface area contributed by atoms with Crippen LogP contribution in [0.1, 0.15) is 0 Å². The zero-order valence-corrected chi connectivity index (χ0v) is 12.3. The minimum atomic E-state index is -5.70. The summed E-state index contributed by atoms with van der Waals surface area (Å²) in [4.78, 5) is 40.4. The van der Waals surface area contributed by atoms with Gasteiger partial charge in [-0.2, -0.15) is 4.98 Å². The van der Waals surface area contributed by atoms with Crippen LogP contribution in [-0.2, 0) is 18.0 Å². The molecule has 0 aromatic carbocycles. The lowest BCUT2D eigenvalue weighted by Crippen LogP contribution is -2.24. The van der Waals surface area contributed by atoms with Crippen LogP contribution in [0, 0.1) is 0 Å². The number of phosphoric ester groups is 1. The van der Waals surface area contributed by atoms with Crippen molar-refractivity contribution in [2.75, 3.05) is 24.2 Å². The van der Waals surface area contributed by atoms with Gasteiger partial charge in [0, 0.05) is 5.88 Å². The van der Waals surface area contributed by atoms with Crippen molar-refractivity contribution in [3.63, 3.8) is 0 Å². The summed E-state index contributed by atoms with van der Waals surface area (Å²) >= 11 is 0. The first-order valence-corrected chi connectivity index (χ1v) is 8.37. The van der Waals surface area contributed by atoms with Gasteiger partial charge >= 0.3 is 7.82 Å². The van der Waals surface area contributed by atoms with Gasteiger partial charge in [0.1, 0.15) is 5.69 Å². The van der Waals surface area contributed by atoms with Crippen LogP contribution < -0.4 is 25.9 Å². The van der Waals surface area contributed by atoms with Gasteiger partial charge in [0.15, 0.2) is 5.82 Å². The van der Waals surface area contributed by atoms with Gasteiger partial charge in [-0.1, -0.05) is 0 Å². The number of hydrogen-bond donors (Lipinski definition) is 3. The molecule has 2 heterocycles. The van der Waals surface area contributed by atoms with Crippen LogP contribution in [0.25, 0.3) is 0 Å². The molecule has 15 heteroatoms. The molecule has 122 valence electrons. The average Bonchev–Trinajstić information content (AvgIpc) is 2.33. The third kappa shape index (κ3) is 4.45. The largest absolute Gasteiger partial charge is 0.857 e. The number of nitrogens with two attached hydrogens (primary N) is 1. The maximum atomic E-state index is 11.6. The van der Waals surface area contributed by atoms with Gasteiger partial charge in [-0.15, -0.1) is 0 Å². The number of hydrogen-bond acceptors (Lipinski definition) is 12. The summed E-state index contributed by atoms with van der Waals surface area (Å²) in [6.45, 7) is -0.709. The SMILES string of the molecule is Nc1nc([O-])c2c(n1)NCC(COP(=O)(O)OP(=O)([O-])[O-])=N2. The van der Waals surface area contributed by atoms with Gasteiger partial charge in [-0.25, -0.2) is 14.5 Å². The standard InChI is InChI=1S/C7H11N5O8P2/c8-7-11-5-4(6(13)12-7)10-3(1-9-5)2-19-22(17,18)20-21(14,15)16/h1-2H2,(H,17,18)(H2,14,15,16)(H4,8,9,11,12,13)/p-3. The van der Waals surface area contributed by atoms with Crippen LogP contribution in [0.3, 0.4) is 0 Å². The van der Waals surface area contributed by atoms with Gasteiger partial charge in [0.25, 0.3) is 0 Å². The number of nitrogens with one attached hydrogen (secondary N) is 1. The molecule has 0 aliphatic carbocycles. The lowest BCUT2D eigenvalue weighted by Gasteiger charge is -2.29. The van der Waals surface area contributed by atoms with E-state index in [1.807, 2.05) is 0 Å². The van der Waals surface area contributed by atoms with Gasteiger partial charge in [-0.05, 0) is 0 Å². The highest BCUT2D eigenvalue weighted by Crippen LogP contribution is 2.53. The Morgan fingerprint density at radius 1 is 1.36 bits per heavy atom. The number of fused-ring (bicyclic) bond motifs is 1. The van der Waals surface area contributed by atoms with E-state index >= 15 is 0 Å². The van der Waals surface area contributed by atoms with E-state index in [0.717, 1.165) is 0 Å². The Morgan fingerprint density at radius 3 is 2.68 bits per heavy atom. The second-order valence-electron chi connectivity index (χ2n) is 3.89. The lowest BCUT2D eigenvalue weighted by atomic mass is 10.3. The maximum Gasteiger partial charge on any atom is 0.476 e. The maximum absolute atomic E-state index is 11.6. The molecule has 13 nitrogen and oxygen atoms in total. The van der Waals surface area contributed by atoms with Crippen LogP contribution >= 0.6 is 15.6 Å². The summed E-state index contributed by atoms with van der Waals surface area (Å²) < 4.78 is 29.1. The molecule has 0 spiro atoms. The molecule has 0 fully saturated rings. The van der Waals surface area contributed by atoms with Crippen molar-refractivity contribution in [1.29, 1.82) is 0 Å². The van der Waals surface area contributed by atoms with Gasteiger partial charge in [0.2, 0.25) is 5.95 Å². The zero-order chi connectivity index (χ0) is 16.5. The number of anilines is 2. The van der Waals surface area contributed by atoms with Crippen molar-refractivity contribution < 1.29 is 37.8 Å². The molecule has 0 radical (unpaired) electrons. The number of aliphatic imine (C=N–C) groups is 1. The Labute approximate surface area is 122 Å². The van der Waals surface area contributed by atoms with Crippen molar-refractivity contribution in [1.82, 2.24) is 9.97 Å². The first-order valence-electron chi connectivity index (χ1n) is 5.41. The monoisotopic (exact) mass is 352 g/mol. The molecule has 0 bridgehead atoms. The number of nitrogens with zero attached hydrogens (tertiary/aromatic N) is 3. The molecular formula is C7H8N5O8P2-3. The molecule has 22 heavy (non-hydrogen) atoms. The molecular weight excluding hydrogens is 344 g/mol. The molecule has 1 aliphatic rings. The van der Waals surface area contributed by atoms with Gasteiger partial charge in [-0.3, -0.25) is 8.83 Å². The summed E-state index contributed by atoms with van der Waals surface area (Å²) in [5, 5.41) is 14.2. The van der Waals surface area contributed by atoms with Crippen LogP contribution in [0.4, 0.5) is 17.5 Å². The van der Waals surface area contributed by atoms with Crippen LogP contribution in [-0.4, -0.2) is 33.7 Å². The van der Waals surface area contributed by atoms with Crippen LogP contribution in [0.2, 0.25) is 0 Å². The number of rotatable bonds is 5. The molecule has 2 rings (SSSR count). The summed E-state index contributed by atoms with van der Waals surface area (Å²) in [5.41, 5.74) is 5.14. The summed E-state index contributed by atoms with van der Waals surface area (Å²) in [6.07, 6.45) is 0. The fourth-order valence-corrected chi connectivity index (χ4v) is 2.96. The van der Waals surface area contributed by atoms with E-state index in [-0.39, 0.29) is 29.7 Å². The van der Waals surface area contributed by atoms with E-state index in [9.17, 15) is 24.0 Å². The van der Waals surface area contributed by atoms with Crippen molar-refractivity contribution in [3.8, 4) is 5.88 Å². The van der Waals surface area contributed by atoms with Gasteiger partial charge in [0.05, 0.1) is 26.7 Å². The fourth-order valence-electron chi connectivity index (χ4n) is 1.45. The Kier molecular flexibility index (Phi) is 4.49. The van der Waals surface area contributed by atoms with Crippen LogP contribution in [0.15, 0.2) is 4.99 Å². The number of nitrogen functional groups attached to an aromatic ring is 1. The molecule has 1 unspecified atom stereocenters. The van der Waals surface area contributed by atoms with E-state index in [1.165, 1.54) is 0 Å². The Bertz CT molecular complexity index is 717. The van der Waals surface area contributed by atoms with E-state index < -0.39 is 28.1 Å². The average molecular weight is 352 g/mol. The second kappa shape index (κ2) is 5.89. The smallest absolute Gasteiger partial charge is 0.476 e. The Hall–Kier alpha value is -1.59. The van der Waals surface area contributed by atoms with Crippen molar-refractivity contribution in [3.05, 3.63) is 0 Å². The predicted octanol–water partition coefficient (Wildman–Crippen LogP) is -2.41. The summed E-state index contributed by atoms with van der Waals surface area (Å²) in [6, 6.07) is 0. The molecule has 0 amide bonds. The third-order valence-corrected chi connectivity index (χ3v) is 4.28. The quantitative estimate of drug-likeness (QED) is 0.472. The van der Waals surface area contributed by atoms with Crippen molar-refractivity contribution in [2.24, 2.45) is 4.99 Å². The Balaban J connectivity index is 2.10. The van der Waals surface area contributed by atoms with E-state index in [4.69, 9.17) is 10.6 Å². The number of phosphoric acid groups is 2. The Morgan fingerprint density at radius 2 is 2.05 bits per heavy atom. The normalized spacial score (nSPS) is 17.1. The van der Waals surface area contributed by atoms with E-state index in [0.29, 0.717) is 0 Å². The highest BCUT2D eigenvalue weighted by atomic mass is 31.3. The molecule has 4 N–H and O–H groups in total. The topological polar surface area (TPSA) is 218 Å². The lowest BCUT2D eigenvalue weighted by molar-refractivity contribution is -0.334. The predicted molar refractivity (Wildman–Crippen MR) is 65.9 cm³/mol.